The van der Waals surface area contributed by atoms with Gasteiger partial charge in [-0.15, -0.1) is 0 Å². The topological polar surface area (TPSA) is 32.3 Å². The zero-order valence-electron chi connectivity index (χ0n) is 12.1. The highest BCUT2D eigenvalue weighted by Gasteiger charge is 2.45. The Kier molecular flexibility index (Phi) is 3.51. The zero-order chi connectivity index (χ0) is 14.3. The molecule has 1 fully saturated rings. The van der Waals surface area contributed by atoms with Gasteiger partial charge in [0.05, 0.1) is 11.5 Å². The van der Waals surface area contributed by atoms with Crippen molar-refractivity contribution in [2.75, 3.05) is 20.6 Å². The van der Waals surface area contributed by atoms with E-state index in [4.69, 9.17) is 11.6 Å². The van der Waals surface area contributed by atoms with Crippen LogP contribution in [0.25, 0.3) is 0 Å². The second kappa shape index (κ2) is 5.05. The minimum absolute atomic E-state index is 0.0158. The SMILES string of the molecule is CN(C)CC1(NC(=O)C2CCc3c(Cl)cccc32)CC1. The molecule has 1 amide bonds. The second-order valence-corrected chi connectivity index (χ2v) is 6.81. The van der Waals surface area contributed by atoms with Gasteiger partial charge in [0, 0.05) is 11.6 Å². The van der Waals surface area contributed by atoms with Crippen LogP contribution in [-0.4, -0.2) is 37.0 Å². The molecule has 1 aromatic rings. The highest BCUT2D eigenvalue weighted by Crippen LogP contribution is 2.40. The number of hydrogen-bond donors (Lipinski definition) is 1. The Balaban J connectivity index is 1.73. The van der Waals surface area contributed by atoms with E-state index in [1.807, 2.05) is 18.2 Å². The number of benzene rings is 1. The number of halogens is 1. The third kappa shape index (κ3) is 2.57. The summed E-state index contributed by atoms with van der Waals surface area (Å²) in [6.45, 7) is 0.924. The van der Waals surface area contributed by atoms with Crippen molar-refractivity contribution in [2.45, 2.75) is 37.1 Å². The van der Waals surface area contributed by atoms with Crippen LogP contribution >= 0.6 is 11.6 Å². The summed E-state index contributed by atoms with van der Waals surface area (Å²) in [5.74, 6) is 0.147. The van der Waals surface area contributed by atoms with E-state index >= 15 is 0 Å². The number of nitrogens with zero attached hydrogens (tertiary/aromatic N) is 1. The Morgan fingerprint density at radius 1 is 1.45 bits per heavy atom. The van der Waals surface area contributed by atoms with Crippen molar-refractivity contribution in [3.63, 3.8) is 0 Å². The molecule has 0 saturated heterocycles. The lowest BCUT2D eigenvalue weighted by Crippen LogP contribution is -2.45. The summed E-state index contributed by atoms with van der Waals surface area (Å²) in [6, 6.07) is 5.90. The van der Waals surface area contributed by atoms with Crippen LogP contribution in [0.3, 0.4) is 0 Å². The molecule has 0 aromatic heterocycles. The summed E-state index contributed by atoms with van der Waals surface area (Å²) in [6.07, 6.45) is 3.97. The number of carbonyl (C=O) groups is 1. The first kappa shape index (κ1) is 13.9. The molecule has 4 heteroatoms. The highest BCUT2D eigenvalue weighted by atomic mass is 35.5. The molecule has 2 aliphatic rings. The molecular formula is C16H21ClN2O. The number of nitrogens with one attached hydrogen (secondary N) is 1. The number of likely N-dealkylation sites (N-methyl/N-ethyl adjacent to an activating group) is 1. The van der Waals surface area contributed by atoms with E-state index in [1.165, 1.54) is 0 Å². The molecule has 3 rings (SSSR count). The molecule has 1 unspecified atom stereocenters. The van der Waals surface area contributed by atoms with Crippen molar-refractivity contribution in [1.82, 2.24) is 10.2 Å². The van der Waals surface area contributed by atoms with E-state index in [2.05, 4.69) is 24.3 Å². The van der Waals surface area contributed by atoms with E-state index in [1.54, 1.807) is 0 Å². The van der Waals surface area contributed by atoms with Crippen LogP contribution in [-0.2, 0) is 11.2 Å². The van der Waals surface area contributed by atoms with Crippen LogP contribution in [0.5, 0.6) is 0 Å². The van der Waals surface area contributed by atoms with Gasteiger partial charge in [0.15, 0.2) is 0 Å². The fourth-order valence-corrected chi connectivity index (χ4v) is 3.59. The summed E-state index contributed by atoms with van der Waals surface area (Å²) >= 11 is 6.22. The lowest BCUT2D eigenvalue weighted by molar-refractivity contribution is -0.123. The lowest BCUT2D eigenvalue weighted by atomic mass is 10.00. The number of fused-ring (bicyclic) bond motifs is 1. The van der Waals surface area contributed by atoms with Crippen molar-refractivity contribution in [1.29, 1.82) is 0 Å². The number of hydrogen-bond acceptors (Lipinski definition) is 2. The summed E-state index contributed by atoms with van der Waals surface area (Å²) in [5.41, 5.74) is 2.30. The van der Waals surface area contributed by atoms with E-state index in [9.17, 15) is 4.79 Å². The van der Waals surface area contributed by atoms with Gasteiger partial charge >= 0.3 is 0 Å². The molecular weight excluding hydrogens is 272 g/mol. The Morgan fingerprint density at radius 3 is 2.85 bits per heavy atom. The molecule has 0 bridgehead atoms. The van der Waals surface area contributed by atoms with Gasteiger partial charge in [-0.2, -0.15) is 0 Å². The third-order valence-electron chi connectivity index (χ3n) is 4.39. The molecule has 1 N–H and O–H groups in total. The van der Waals surface area contributed by atoms with Crippen LogP contribution in [0.1, 0.15) is 36.3 Å². The Morgan fingerprint density at radius 2 is 2.20 bits per heavy atom. The Labute approximate surface area is 125 Å². The van der Waals surface area contributed by atoms with Gasteiger partial charge in [0.2, 0.25) is 5.91 Å². The fourth-order valence-electron chi connectivity index (χ4n) is 3.31. The van der Waals surface area contributed by atoms with E-state index in [0.29, 0.717) is 0 Å². The molecule has 20 heavy (non-hydrogen) atoms. The standard InChI is InChI=1S/C16H21ClN2O/c1-19(2)10-16(8-9-16)18-15(20)13-7-6-12-11(13)4-3-5-14(12)17/h3-5,13H,6-10H2,1-2H3,(H,18,20). The maximum Gasteiger partial charge on any atom is 0.228 e. The lowest BCUT2D eigenvalue weighted by Gasteiger charge is -2.23. The van der Waals surface area contributed by atoms with Gasteiger partial charge in [-0.25, -0.2) is 0 Å². The molecule has 0 radical (unpaired) electrons. The van der Waals surface area contributed by atoms with Crippen molar-refractivity contribution >= 4 is 17.5 Å². The summed E-state index contributed by atoms with van der Waals surface area (Å²) in [5, 5.41) is 4.08. The second-order valence-electron chi connectivity index (χ2n) is 6.41. The average molecular weight is 293 g/mol. The molecule has 0 aliphatic heterocycles. The fraction of sp³-hybridized carbons (Fsp3) is 0.562. The quantitative estimate of drug-likeness (QED) is 0.925. The molecule has 0 heterocycles. The number of rotatable bonds is 4. The largest absolute Gasteiger partial charge is 0.349 e. The van der Waals surface area contributed by atoms with Gasteiger partial charge in [0.1, 0.15) is 0 Å². The first-order valence-electron chi connectivity index (χ1n) is 7.25. The van der Waals surface area contributed by atoms with Gasteiger partial charge in [-0.3, -0.25) is 4.79 Å². The smallest absolute Gasteiger partial charge is 0.228 e. The summed E-state index contributed by atoms with van der Waals surface area (Å²) in [7, 11) is 4.10. The molecule has 2 aliphatic carbocycles. The van der Waals surface area contributed by atoms with Gasteiger partial charge in [-0.1, -0.05) is 23.7 Å². The summed E-state index contributed by atoms with van der Waals surface area (Å²) < 4.78 is 0. The van der Waals surface area contributed by atoms with Gasteiger partial charge < -0.3 is 10.2 Å². The van der Waals surface area contributed by atoms with Crippen LogP contribution in [0.2, 0.25) is 5.02 Å². The monoisotopic (exact) mass is 292 g/mol. The summed E-state index contributed by atoms with van der Waals surface area (Å²) in [4.78, 5) is 14.7. The van der Waals surface area contributed by atoms with Crippen LogP contribution in [0.4, 0.5) is 0 Å². The predicted octanol–water partition coefficient (Wildman–Crippen LogP) is 2.58. The van der Waals surface area contributed by atoms with E-state index < -0.39 is 0 Å². The minimum atomic E-state index is -0.0247. The third-order valence-corrected chi connectivity index (χ3v) is 4.74. The zero-order valence-corrected chi connectivity index (χ0v) is 12.8. The highest BCUT2D eigenvalue weighted by molar-refractivity contribution is 6.31. The van der Waals surface area contributed by atoms with Crippen molar-refractivity contribution in [3.8, 4) is 0 Å². The van der Waals surface area contributed by atoms with Crippen LogP contribution in [0.15, 0.2) is 18.2 Å². The average Bonchev–Trinajstić information content (AvgIpc) is 2.96. The predicted molar refractivity (Wildman–Crippen MR) is 81.2 cm³/mol. The maximum atomic E-state index is 12.6. The molecule has 0 spiro atoms. The first-order valence-corrected chi connectivity index (χ1v) is 7.63. The number of amides is 1. The van der Waals surface area contributed by atoms with Gasteiger partial charge in [0.25, 0.3) is 0 Å². The van der Waals surface area contributed by atoms with E-state index in [0.717, 1.165) is 48.4 Å². The van der Waals surface area contributed by atoms with Gasteiger partial charge in [-0.05, 0) is 57.0 Å². The first-order chi connectivity index (χ1) is 9.51. The molecule has 1 atom stereocenters. The normalized spacial score (nSPS) is 22.7. The van der Waals surface area contributed by atoms with Crippen molar-refractivity contribution in [2.24, 2.45) is 0 Å². The Bertz CT molecular complexity index is 537. The molecule has 3 nitrogen and oxygen atoms in total. The molecule has 108 valence electrons. The van der Waals surface area contributed by atoms with Crippen molar-refractivity contribution < 1.29 is 4.79 Å². The molecule has 1 aromatic carbocycles. The van der Waals surface area contributed by atoms with E-state index in [-0.39, 0.29) is 17.4 Å². The minimum Gasteiger partial charge on any atom is -0.349 e. The maximum absolute atomic E-state index is 12.6. The molecule has 1 saturated carbocycles. The van der Waals surface area contributed by atoms with Crippen molar-refractivity contribution in [3.05, 3.63) is 34.3 Å². The number of carbonyl (C=O) groups excluding carboxylic acids is 1. The Hall–Kier alpha value is -1.06. The van der Waals surface area contributed by atoms with Crippen LogP contribution < -0.4 is 5.32 Å². The van der Waals surface area contributed by atoms with Crippen LogP contribution in [0, 0.1) is 0 Å².